The number of ether oxygens (including phenoxy) is 1. The van der Waals surface area contributed by atoms with Crippen LogP contribution in [0.3, 0.4) is 0 Å². The molecule has 1 heterocycles. The minimum Gasteiger partial charge on any atom is -0.497 e. The molecule has 0 spiro atoms. The van der Waals surface area contributed by atoms with Crippen molar-refractivity contribution < 1.29 is 9.13 Å². The number of nitrogens with zero attached hydrogens (tertiary/aromatic N) is 1. The first-order valence-corrected chi connectivity index (χ1v) is 8.60. The maximum absolute atomic E-state index is 13.8. The largest absolute Gasteiger partial charge is 0.497 e. The topological polar surface area (TPSA) is 24.5 Å². The van der Waals surface area contributed by atoms with Crippen LogP contribution in [-0.2, 0) is 6.54 Å². The number of nitrogens with one attached hydrogen (secondary N) is 1. The van der Waals surface area contributed by atoms with Crippen LogP contribution in [0.1, 0.15) is 30.0 Å². The number of hydrogen-bond acceptors (Lipinski definition) is 3. The molecule has 1 unspecified atom stereocenters. The Balaban J connectivity index is 1.67. The van der Waals surface area contributed by atoms with Gasteiger partial charge in [-0.1, -0.05) is 30.3 Å². The molecule has 2 aromatic rings. The van der Waals surface area contributed by atoms with Gasteiger partial charge in [-0.25, -0.2) is 4.39 Å². The number of rotatable bonds is 7. The minimum absolute atomic E-state index is 0.146. The fraction of sp³-hybridized carbons (Fsp3) is 0.400. The van der Waals surface area contributed by atoms with Crippen molar-refractivity contribution in [1.82, 2.24) is 10.2 Å². The Labute approximate surface area is 143 Å². The van der Waals surface area contributed by atoms with Crippen LogP contribution in [0.25, 0.3) is 0 Å². The Kier molecular flexibility index (Phi) is 5.83. The first-order valence-electron chi connectivity index (χ1n) is 8.60. The van der Waals surface area contributed by atoms with Crippen LogP contribution in [0.5, 0.6) is 5.75 Å². The lowest BCUT2D eigenvalue weighted by Gasteiger charge is -2.28. The normalized spacial score (nSPS) is 16.2. The van der Waals surface area contributed by atoms with Crippen molar-refractivity contribution in [2.24, 2.45) is 0 Å². The second-order valence-electron chi connectivity index (χ2n) is 6.25. The molecular formula is C20H25FN2O. The molecule has 1 fully saturated rings. The molecule has 1 aliphatic rings. The SMILES string of the molecule is COc1ccc(C(CNCc2ccccc2F)N2CCCC2)cc1. The zero-order chi connectivity index (χ0) is 16.8. The van der Waals surface area contributed by atoms with Gasteiger partial charge in [0, 0.05) is 24.7 Å². The summed E-state index contributed by atoms with van der Waals surface area (Å²) in [7, 11) is 1.68. The molecule has 3 nitrogen and oxygen atoms in total. The number of hydrogen-bond donors (Lipinski definition) is 1. The van der Waals surface area contributed by atoms with E-state index in [2.05, 4.69) is 22.3 Å². The highest BCUT2D eigenvalue weighted by Crippen LogP contribution is 2.26. The highest BCUT2D eigenvalue weighted by atomic mass is 19.1. The summed E-state index contributed by atoms with van der Waals surface area (Å²) in [5.41, 5.74) is 1.99. The molecule has 1 N–H and O–H groups in total. The fourth-order valence-electron chi connectivity index (χ4n) is 3.32. The fourth-order valence-corrected chi connectivity index (χ4v) is 3.32. The summed E-state index contributed by atoms with van der Waals surface area (Å²) in [6.45, 7) is 3.60. The molecule has 128 valence electrons. The molecule has 24 heavy (non-hydrogen) atoms. The van der Waals surface area contributed by atoms with E-state index in [0.717, 1.165) is 25.4 Å². The van der Waals surface area contributed by atoms with E-state index in [1.165, 1.54) is 24.5 Å². The van der Waals surface area contributed by atoms with Gasteiger partial charge in [0.25, 0.3) is 0 Å². The Bertz CT molecular complexity index is 638. The molecule has 4 heteroatoms. The van der Waals surface area contributed by atoms with E-state index in [-0.39, 0.29) is 5.82 Å². The molecule has 3 rings (SSSR count). The molecule has 0 bridgehead atoms. The summed E-state index contributed by atoms with van der Waals surface area (Å²) in [5, 5.41) is 3.43. The van der Waals surface area contributed by atoms with Gasteiger partial charge in [-0.15, -0.1) is 0 Å². The van der Waals surface area contributed by atoms with E-state index in [1.54, 1.807) is 13.2 Å². The van der Waals surface area contributed by atoms with Gasteiger partial charge >= 0.3 is 0 Å². The van der Waals surface area contributed by atoms with Gasteiger partial charge in [0.05, 0.1) is 7.11 Å². The Morgan fingerprint density at radius 3 is 2.46 bits per heavy atom. The van der Waals surface area contributed by atoms with Crippen molar-refractivity contribution in [3.05, 3.63) is 65.5 Å². The van der Waals surface area contributed by atoms with E-state index < -0.39 is 0 Å². The summed E-state index contributed by atoms with van der Waals surface area (Å²) < 4.78 is 19.0. The van der Waals surface area contributed by atoms with Gasteiger partial charge in [0.1, 0.15) is 11.6 Å². The molecule has 0 aromatic heterocycles. The summed E-state index contributed by atoms with van der Waals surface area (Å²) in [6, 6.07) is 15.5. The van der Waals surface area contributed by atoms with Crippen LogP contribution in [-0.4, -0.2) is 31.6 Å². The van der Waals surface area contributed by atoms with Crippen LogP contribution in [0, 0.1) is 5.82 Å². The predicted octanol–water partition coefficient (Wildman–Crippen LogP) is 3.76. The van der Waals surface area contributed by atoms with E-state index >= 15 is 0 Å². The van der Waals surface area contributed by atoms with Crippen molar-refractivity contribution >= 4 is 0 Å². The molecule has 2 aromatic carbocycles. The molecule has 0 radical (unpaired) electrons. The van der Waals surface area contributed by atoms with Gasteiger partial charge in [-0.3, -0.25) is 4.90 Å². The van der Waals surface area contributed by atoms with E-state index in [0.29, 0.717) is 18.2 Å². The highest BCUT2D eigenvalue weighted by molar-refractivity contribution is 5.29. The number of halogens is 1. The maximum Gasteiger partial charge on any atom is 0.127 e. The Hall–Kier alpha value is -1.91. The van der Waals surface area contributed by atoms with Crippen LogP contribution in [0.2, 0.25) is 0 Å². The average molecular weight is 328 g/mol. The number of benzene rings is 2. The van der Waals surface area contributed by atoms with Crippen LogP contribution in [0.4, 0.5) is 4.39 Å². The smallest absolute Gasteiger partial charge is 0.127 e. The van der Waals surface area contributed by atoms with E-state index in [9.17, 15) is 4.39 Å². The molecule has 1 atom stereocenters. The molecule has 0 saturated carbocycles. The van der Waals surface area contributed by atoms with Crippen molar-refractivity contribution in [3.63, 3.8) is 0 Å². The van der Waals surface area contributed by atoms with Crippen LogP contribution < -0.4 is 10.1 Å². The Morgan fingerprint density at radius 1 is 1.08 bits per heavy atom. The third-order valence-corrected chi connectivity index (χ3v) is 4.69. The van der Waals surface area contributed by atoms with Crippen LogP contribution in [0.15, 0.2) is 48.5 Å². The van der Waals surface area contributed by atoms with Gasteiger partial charge in [0.15, 0.2) is 0 Å². The van der Waals surface area contributed by atoms with Gasteiger partial charge < -0.3 is 10.1 Å². The van der Waals surface area contributed by atoms with Crippen molar-refractivity contribution in [1.29, 1.82) is 0 Å². The maximum atomic E-state index is 13.8. The quantitative estimate of drug-likeness (QED) is 0.837. The number of methoxy groups -OCH3 is 1. The number of likely N-dealkylation sites (tertiary alicyclic amines) is 1. The predicted molar refractivity (Wildman–Crippen MR) is 94.6 cm³/mol. The lowest BCUT2D eigenvalue weighted by Crippen LogP contribution is -2.34. The lowest BCUT2D eigenvalue weighted by molar-refractivity contribution is 0.238. The van der Waals surface area contributed by atoms with E-state index in [1.807, 2.05) is 24.3 Å². The third-order valence-electron chi connectivity index (χ3n) is 4.69. The molecular weight excluding hydrogens is 303 g/mol. The summed E-state index contributed by atoms with van der Waals surface area (Å²) in [4.78, 5) is 2.51. The second kappa shape index (κ2) is 8.27. The molecule has 0 amide bonds. The zero-order valence-electron chi connectivity index (χ0n) is 14.2. The van der Waals surface area contributed by atoms with E-state index in [4.69, 9.17) is 4.74 Å². The average Bonchev–Trinajstić information content (AvgIpc) is 3.15. The van der Waals surface area contributed by atoms with Crippen molar-refractivity contribution in [2.45, 2.75) is 25.4 Å². The van der Waals surface area contributed by atoms with Gasteiger partial charge in [-0.2, -0.15) is 0 Å². The molecule has 1 saturated heterocycles. The van der Waals surface area contributed by atoms with Crippen molar-refractivity contribution in [3.8, 4) is 5.75 Å². The Morgan fingerprint density at radius 2 is 1.79 bits per heavy atom. The van der Waals surface area contributed by atoms with Crippen LogP contribution >= 0.6 is 0 Å². The third kappa shape index (κ3) is 4.13. The lowest BCUT2D eigenvalue weighted by atomic mass is 10.0. The highest BCUT2D eigenvalue weighted by Gasteiger charge is 2.23. The molecule has 0 aliphatic carbocycles. The zero-order valence-corrected chi connectivity index (χ0v) is 14.2. The van der Waals surface area contributed by atoms with Crippen molar-refractivity contribution in [2.75, 3.05) is 26.7 Å². The second-order valence-corrected chi connectivity index (χ2v) is 6.25. The summed E-state index contributed by atoms with van der Waals surface area (Å²) >= 11 is 0. The molecule has 1 aliphatic heterocycles. The monoisotopic (exact) mass is 328 g/mol. The van der Waals surface area contributed by atoms with Gasteiger partial charge in [0.2, 0.25) is 0 Å². The minimum atomic E-state index is -0.146. The van der Waals surface area contributed by atoms with Gasteiger partial charge in [-0.05, 0) is 49.7 Å². The standard InChI is InChI=1S/C20H25FN2O/c1-24-18-10-8-16(9-11-18)20(23-12-4-5-13-23)15-22-14-17-6-2-3-7-19(17)21/h2-3,6-11,20,22H,4-5,12-15H2,1H3. The summed E-state index contributed by atoms with van der Waals surface area (Å²) in [6.07, 6.45) is 2.50. The first-order chi connectivity index (χ1) is 11.8. The first kappa shape index (κ1) is 16.9. The summed E-state index contributed by atoms with van der Waals surface area (Å²) in [5.74, 6) is 0.727.